The molecule has 0 aliphatic carbocycles. The molecule has 0 atom stereocenters. The minimum absolute atomic E-state index is 0.0165. The van der Waals surface area contributed by atoms with Crippen LogP contribution in [0.2, 0.25) is 0 Å². The van der Waals surface area contributed by atoms with Crippen molar-refractivity contribution in [2.45, 2.75) is 9.79 Å². The largest absolute Gasteiger partial charge is 0.457 e. The minimum atomic E-state index is -4.82. The van der Waals surface area contributed by atoms with Crippen molar-refractivity contribution in [3.8, 4) is 11.5 Å². The lowest BCUT2D eigenvalue weighted by Gasteiger charge is -2.09. The molecule has 0 radical (unpaired) electrons. The van der Waals surface area contributed by atoms with E-state index in [1.54, 1.807) is 24.3 Å². The number of carbonyl (C=O) groups excluding carboxylic acids is 1. The summed E-state index contributed by atoms with van der Waals surface area (Å²) in [6, 6.07) is 16.7. The second-order valence-electron chi connectivity index (χ2n) is 5.88. The predicted octanol–water partition coefficient (Wildman–Crippen LogP) is 3.20. The molecule has 0 spiro atoms. The van der Waals surface area contributed by atoms with Crippen molar-refractivity contribution in [2.75, 3.05) is 0 Å². The van der Waals surface area contributed by atoms with Crippen LogP contribution in [0.5, 0.6) is 11.5 Å². The Kier molecular flexibility index (Phi) is 5.53. The number of ether oxygens (including phenoxy) is 1. The molecule has 0 heterocycles. The van der Waals surface area contributed by atoms with E-state index in [4.69, 9.17) is 9.29 Å². The highest BCUT2D eigenvalue weighted by Crippen LogP contribution is 2.25. The summed E-state index contributed by atoms with van der Waals surface area (Å²) >= 11 is 0. The van der Waals surface area contributed by atoms with Gasteiger partial charge in [-0.05, 0) is 54.6 Å². The van der Waals surface area contributed by atoms with E-state index in [0.717, 1.165) is 12.1 Å². The van der Waals surface area contributed by atoms with Crippen LogP contribution in [0, 0.1) is 0 Å². The number of hydrogen-bond acceptors (Lipinski definition) is 6. The maximum atomic E-state index is 12.8. The Morgan fingerprint density at radius 3 is 1.86 bits per heavy atom. The van der Waals surface area contributed by atoms with Crippen molar-refractivity contribution in [3.05, 3.63) is 83.9 Å². The van der Waals surface area contributed by atoms with Crippen molar-refractivity contribution in [3.63, 3.8) is 0 Å². The van der Waals surface area contributed by atoms with E-state index >= 15 is 0 Å². The third-order valence-electron chi connectivity index (χ3n) is 3.87. The predicted molar refractivity (Wildman–Crippen MR) is 102 cm³/mol. The molecule has 150 valence electrons. The van der Waals surface area contributed by atoms with Crippen LogP contribution in [0.15, 0.2) is 82.6 Å². The highest BCUT2D eigenvalue weighted by molar-refractivity contribution is 7.86. The SMILES string of the molecule is O=C(c1ccc(Oc2ccccc2)cc1)c1cc(S(=O)(=O)O)ccc1S(=O)(=O)O. The molecule has 10 heteroatoms. The molecule has 0 aromatic heterocycles. The van der Waals surface area contributed by atoms with Gasteiger partial charge in [0.25, 0.3) is 20.2 Å². The van der Waals surface area contributed by atoms with Crippen molar-refractivity contribution in [1.82, 2.24) is 0 Å². The summed E-state index contributed by atoms with van der Waals surface area (Å²) in [5, 5.41) is 0. The monoisotopic (exact) mass is 434 g/mol. The summed E-state index contributed by atoms with van der Waals surface area (Å²) in [5.74, 6) is 0.116. The van der Waals surface area contributed by atoms with Gasteiger partial charge in [-0.15, -0.1) is 0 Å². The normalized spacial score (nSPS) is 11.8. The lowest BCUT2D eigenvalue weighted by atomic mass is 10.0. The Morgan fingerprint density at radius 1 is 0.724 bits per heavy atom. The van der Waals surface area contributed by atoms with Gasteiger partial charge in [0.1, 0.15) is 16.4 Å². The number of hydrogen-bond donors (Lipinski definition) is 2. The summed E-state index contributed by atoms with van der Waals surface area (Å²) in [6.07, 6.45) is 0. The van der Waals surface area contributed by atoms with Gasteiger partial charge in [-0.25, -0.2) is 0 Å². The summed E-state index contributed by atoms with van der Waals surface area (Å²) in [5.41, 5.74) is -0.581. The topological polar surface area (TPSA) is 135 Å². The molecule has 0 saturated carbocycles. The average Bonchev–Trinajstić information content (AvgIpc) is 2.67. The van der Waals surface area contributed by atoms with Crippen LogP contribution in [-0.4, -0.2) is 31.7 Å². The van der Waals surface area contributed by atoms with E-state index in [2.05, 4.69) is 0 Å². The summed E-state index contributed by atoms with van der Waals surface area (Å²) in [6.45, 7) is 0. The second-order valence-corrected chi connectivity index (χ2v) is 8.69. The van der Waals surface area contributed by atoms with Gasteiger partial charge in [0.05, 0.1) is 4.90 Å². The Hall–Kier alpha value is -3.05. The quantitative estimate of drug-likeness (QED) is 0.446. The van der Waals surface area contributed by atoms with Crippen LogP contribution in [0.4, 0.5) is 0 Å². The lowest BCUT2D eigenvalue weighted by molar-refractivity contribution is 0.103. The van der Waals surface area contributed by atoms with E-state index in [1.807, 2.05) is 6.07 Å². The molecule has 0 bridgehead atoms. The first kappa shape index (κ1) is 20.7. The molecule has 3 rings (SSSR count). The maximum Gasteiger partial charge on any atom is 0.295 e. The van der Waals surface area contributed by atoms with E-state index < -0.39 is 41.4 Å². The second kappa shape index (κ2) is 7.76. The standard InChI is InChI=1S/C19H14O8S2/c20-19(13-6-8-15(9-7-13)27-14-4-2-1-3-5-14)17-12-16(28(21,22)23)10-11-18(17)29(24,25)26/h1-12H,(H,21,22,23)(H,24,25,26). The minimum Gasteiger partial charge on any atom is -0.457 e. The molecule has 29 heavy (non-hydrogen) atoms. The number of carbonyl (C=O) groups is 1. The molecule has 0 aliphatic rings. The van der Waals surface area contributed by atoms with Crippen LogP contribution in [0.3, 0.4) is 0 Å². The molecule has 0 aliphatic heterocycles. The first-order valence-corrected chi connectivity index (χ1v) is 10.9. The number of benzene rings is 3. The fourth-order valence-electron chi connectivity index (χ4n) is 2.53. The molecule has 2 N–H and O–H groups in total. The zero-order valence-electron chi connectivity index (χ0n) is 14.6. The molecule has 8 nitrogen and oxygen atoms in total. The van der Waals surface area contributed by atoms with Gasteiger partial charge >= 0.3 is 0 Å². The molecule has 0 fully saturated rings. The summed E-state index contributed by atoms with van der Waals surface area (Å²) in [4.78, 5) is 11.3. The Morgan fingerprint density at radius 2 is 1.31 bits per heavy atom. The Balaban J connectivity index is 1.99. The zero-order chi connectivity index (χ0) is 21.2. The van der Waals surface area contributed by atoms with E-state index in [-0.39, 0.29) is 5.56 Å². The summed E-state index contributed by atoms with van der Waals surface area (Å²) < 4.78 is 70.0. The first-order chi connectivity index (χ1) is 13.6. The Labute approximate surface area is 166 Å². The number of rotatable bonds is 6. The van der Waals surface area contributed by atoms with Gasteiger partial charge in [0, 0.05) is 11.1 Å². The van der Waals surface area contributed by atoms with Crippen molar-refractivity contribution in [2.24, 2.45) is 0 Å². The molecule has 3 aromatic rings. The average molecular weight is 434 g/mol. The van der Waals surface area contributed by atoms with Crippen molar-refractivity contribution >= 4 is 26.0 Å². The first-order valence-electron chi connectivity index (χ1n) is 8.02. The van der Waals surface area contributed by atoms with E-state index in [0.29, 0.717) is 17.6 Å². The van der Waals surface area contributed by atoms with Gasteiger partial charge in [0.2, 0.25) is 0 Å². The fraction of sp³-hybridized carbons (Fsp3) is 0. The Bertz CT molecular complexity index is 1260. The zero-order valence-corrected chi connectivity index (χ0v) is 16.2. The molecule has 0 unspecified atom stereocenters. The third kappa shape index (κ3) is 4.87. The fourth-order valence-corrected chi connectivity index (χ4v) is 3.70. The lowest BCUT2D eigenvalue weighted by Crippen LogP contribution is -2.11. The van der Waals surface area contributed by atoms with Gasteiger partial charge in [-0.3, -0.25) is 13.9 Å². The van der Waals surface area contributed by atoms with Crippen LogP contribution in [0.1, 0.15) is 15.9 Å². The van der Waals surface area contributed by atoms with E-state index in [1.165, 1.54) is 24.3 Å². The number of ketones is 1. The maximum absolute atomic E-state index is 12.8. The summed E-state index contributed by atoms with van der Waals surface area (Å²) in [7, 11) is -9.51. The van der Waals surface area contributed by atoms with Gasteiger partial charge in [-0.1, -0.05) is 18.2 Å². The number of para-hydroxylation sites is 1. The van der Waals surface area contributed by atoms with Gasteiger partial charge < -0.3 is 4.74 Å². The highest BCUT2D eigenvalue weighted by atomic mass is 32.2. The van der Waals surface area contributed by atoms with Crippen LogP contribution in [0.25, 0.3) is 0 Å². The van der Waals surface area contributed by atoms with Crippen LogP contribution < -0.4 is 4.74 Å². The molecular weight excluding hydrogens is 420 g/mol. The van der Waals surface area contributed by atoms with Crippen molar-refractivity contribution in [1.29, 1.82) is 0 Å². The van der Waals surface area contributed by atoms with Gasteiger partial charge in [-0.2, -0.15) is 16.8 Å². The van der Waals surface area contributed by atoms with Crippen LogP contribution in [-0.2, 0) is 20.2 Å². The van der Waals surface area contributed by atoms with Crippen molar-refractivity contribution < 1.29 is 35.5 Å². The molecular formula is C19H14O8S2. The third-order valence-corrected chi connectivity index (χ3v) is 5.63. The smallest absolute Gasteiger partial charge is 0.295 e. The molecule has 0 saturated heterocycles. The van der Waals surface area contributed by atoms with Gasteiger partial charge in [0.15, 0.2) is 5.78 Å². The van der Waals surface area contributed by atoms with Crippen LogP contribution >= 0.6 is 0 Å². The van der Waals surface area contributed by atoms with E-state index in [9.17, 15) is 26.2 Å². The molecule has 3 aromatic carbocycles. The highest BCUT2D eigenvalue weighted by Gasteiger charge is 2.24. The molecule has 0 amide bonds.